The van der Waals surface area contributed by atoms with Gasteiger partial charge in [0.1, 0.15) is 19.3 Å². The van der Waals surface area contributed by atoms with Crippen molar-refractivity contribution in [2.45, 2.75) is 478 Å². The Morgan fingerprint density at radius 2 is 0.449 bits per heavy atom. The van der Waals surface area contributed by atoms with Crippen LogP contribution in [0.1, 0.15) is 460 Å². The molecule has 0 fully saturated rings. The molecule has 0 spiro atoms. The zero-order valence-electron chi connectivity index (χ0n) is 70.8. The average Bonchev–Trinajstić information content (AvgIpc) is 0.900. The molecule has 19 heteroatoms. The molecule has 0 aliphatic heterocycles. The van der Waals surface area contributed by atoms with Gasteiger partial charge in [0.2, 0.25) is 0 Å². The normalized spacial score (nSPS) is 14.1. The number of ether oxygens (including phenoxy) is 4. The van der Waals surface area contributed by atoms with Crippen LogP contribution in [-0.4, -0.2) is 96.7 Å². The molecule has 0 aromatic heterocycles. The van der Waals surface area contributed by atoms with Crippen molar-refractivity contribution in [2.75, 3.05) is 39.6 Å². The quantitative estimate of drug-likeness (QED) is 0.0222. The predicted molar refractivity (Wildman–Crippen MR) is 441 cm³/mol. The first-order valence-corrected chi connectivity index (χ1v) is 48.2. The molecular formula is C88H172O17P2. The fraction of sp³-hybridized carbons (Fsp3) is 0.955. The van der Waals surface area contributed by atoms with Crippen molar-refractivity contribution in [1.29, 1.82) is 0 Å². The molecule has 3 unspecified atom stereocenters. The number of hydrogen-bond donors (Lipinski definition) is 3. The summed E-state index contributed by atoms with van der Waals surface area (Å²) >= 11 is 0. The number of phosphoric ester groups is 2. The maximum atomic E-state index is 13.1. The third-order valence-corrected chi connectivity index (χ3v) is 22.8. The zero-order chi connectivity index (χ0) is 78.8. The fourth-order valence-electron chi connectivity index (χ4n) is 13.6. The van der Waals surface area contributed by atoms with E-state index in [-0.39, 0.29) is 25.7 Å². The zero-order valence-corrected chi connectivity index (χ0v) is 72.6. The Balaban J connectivity index is 5.19. The highest BCUT2D eigenvalue weighted by Gasteiger charge is 2.31. The average molecular weight is 1560 g/mol. The summed E-state index contributed by atoms with van der Waals surface area (Å²) in [6, 6.07) is 0. The third-order valence-electron chi connectivity index (χ3n) is 20.9. The first kappa shape index (κ1) is 105. The number of aliphatic hydroxyl groups excluding tert-OH is 1. The van der Waals surface area contributed by atoms with Crippen molar-refractivity contribution in [2.24, 2.45) is 23.7 Å². The van der Waals surface area contributed by atoms with E-state index >= 15 is 0 Å². The van der Waals surface area contributed by atoms with Crippen LogP contribution in [0.5, 0.6) is 0 Å². The second kappa shape index (κ2) is 76.7. The Bertz CT molecular complexity index is 2080. The van der Waals surface area contributed by atoms with Gasteiger partial charge in [-0.25, -0.2) is 9.13 Å². The van der Waals surface area contributed by atoms with E-state index in [1.165, 1.54) is 257 Å². The van der Waals surface area contributed by atoms with E-state index in [0.717, 1.165) is 120 Å². The molecular weight excluding hydrogens is 1390 g/mol. The fourth-order valence-corrected chi connectivity index (χ4v) is 15.2. The van der Waals surface area contributed by atoms with Crippen LogP contribution >= 0.6 is 15.6 Å². The van der Waals surface area contributed by atoms with Crippen molar-refractivity contribution in [3.8, 4) is 0 Å². The summed E-state index contributed by atoms with van der Waals surface area (Å²) in [5.41, 5.74) is 0. The first-order valence-electron chi connectivity index (χ1n) is 45.2. The Labute approximate surface area is 658 Å². The lowest BCUT2D eigenvalue weighted by molar-refractivity contribution is -0.161. The number of phosphoric acid groups is 2. The van der Waals surface area contributed by atoms with Crippen LogP contribution in [-0.2, 0) is 65.4 Å². The van der Waals surface area contributed by atoms with Gasteiger partial charge in [-0.15, -0.1) is 0 Å². The molecule has 0 saturated carbocycles. The minimum atomic E-state index is -4.97. The van der Waals surface area contributed by atoms with Gasteiger partial charge in [-0.05, 0) is 49.4 Å². The van der Waals surface area contributed by atoms with E-state index < -0.39 is 97.5 Å². The summed E-state index contributed by atoms with van der Waals surface area (Å²) in [4.78, 5) is 73.3. The SMILES string of the molecule is CCC(C)CCCCCCCCC(=O)OC[C@H](COP(=O)(O)OC[C@H](O)COP(=O)(O)OC[C@@H](COC(=O)CCCCCCCCCCCCCCCCCCCCC(C)C)OC(=O)CCCCCCCCCCCCCCC(C)C)OC(=O)CCCCCCCCCCCCCCCCCCCCC(C)C. The molecule has 0 rings (SSSR count). The molecule has 636 valence electrons. The van der Waals surface area contributed by atoms with Gasteiger partial charge in [0, 0.05) is 25.7 Å². The molecule has 0 aliphatic carbocycles. The molecule has 0 bridgehead atoms. The summed E-state index contributed by atoms with van der Waals surface area (Å²) in [6.45, 7) is 14.3. The van der Waals surface area contributed by atoms with Crippen molar-refractivity contribution in [3.05, 3.63) is 0 Å². The van der Waals surface area contributed by atoms with Crippen LogP contribution < -0.4 is 0 Å². The highest BCUT2D eigenvalue weighted by molar-refractivity contribution is 7.47. The van der Waals surface area contributed by atoms with Crippen LogP contribution in [0.2, 0.25) is 0 Å². The summed E-state index contributed by atoms with van der Waals surface area (Å²) in [6.07, 6.45) is 66.8. The Morgan fingerprint density at radius 3 is 0.664 bits per heavy atom. The Morgan fingerprint density at radius 1 is 0.262 bits per heavy atom. The van der Waals surface area contributed by atoms with Crippen LogP contribution in [0.15, 0.2) is 0 Å². The van der Waals surface area contributed by atoms with Crippen molar-refractivity contribution in [3.63, 3.8) is 0 Å². The van der Waals surface area contributed by atoms with Crippen LogP contribution in [0, 0.1) is 23.7 Å². The van der Waals surface area contributed by atoms with Crippen molar-refractivity contribution < 1.29 is 80.2 Å². The van der Waals surface area contributed by atoms with Crippen molar-refractivity contribution >= 4 is 39.5 Å². The maximum absolute atomic E-state index is 13.1. The van der Waals surface area contributed by atoms with Gasteiger partial charge in [0.05, 0.1) is 26.4 Å². The summed E-state index contributed by atoms with van der Waals surface area (Å²) in [5.74, 6) is 1.04. The highest BCUT2D eigenvalue weighted by atomic mass is 31.2. The number of unbranched alkanes of at least 4 members (excludes halogenated alkanes) is 50. The van der Waals surface area contributed by atoms with Crippen LogP contribution in [0.25, 0.3) is 0 Å². The molecule has 0 radical (unpaired) electrons. The molecule has 107 heavy (non-hydrogen) atoms. The summed E-state index contributed by atoms with van der Waals surface area (Å²) in [7, 11) is -9.93. The molecule has 17 nitrogen and oxygen atoms in total. The van der Waals surface area contributed by atoms with E-state index in [2.05, 4.69) is 55.4 Å². The van der Waals surface area contributed by atoms with E-state index in [4.69, 9.17) is 37.0 Å². The highest BCUT2D eigenvalue weighted by Crippen LogP contribution is 2.45. The predicted octanol–water partition coefficient (Wildman–Crippen LogP) is 26.7. The van der Waals surface area contributed by atoms with Gasteiger partial charge in [0.15, 0.2) is 12.2 Å². The molecule has 0 saturated heterocycles. The Kier molecular flexibility index (Phi) is 75.3. The van der Waals surface area contributed by atoms with Gasteiger partial charge in [-0.2, -0.15) is 0 Å². The largest absolute Gasteiger partial charge is 0.472 e. The maximum Gasteiger partial charge on any atom is 0.472 e. The van der Waals surface area contributed by atoms with Crippen LogP contribution in [0.3, 0.4) is 0 Å². The number of carbonyl (C=O) groups excluding carboxylic acids is 4. The van der Waals surface area contributed by atoms with Gasteiger partial charge < -0.3 is 33.8 Å². The topological polar surface area (TPSA) is 237 Å². The number of rotatable bonds is 85. The van der Waals surface area contributed by atoms with E-state index in [1.807, 2.05) is 0 Å². The second-order valence-electron chi connectivity index (χ2n) is 33.3. The summed E-state index contributed by atoms with van der Waals surface area (Å²) in [5, 5.41) is 10.7. The number of esters is 4. The number of hydrogen-bond acceptors (Lipinski definition) is 15. The van der Waals surface area contributed by atoms with Crippen molar-refractivity contribution in [1.82, 2.24) is 0 Å². The minimum Gasteiger partial charge on any atom is -0.462 e. The number of carbonyl (C=O) groups is 4. The van der Waals surface area contributed by atoms with E-state index in [1.54, 1.807) is 0 Å². The molecule has 3 N–H and O–H groups in total. The first-order chi connectivity index (χ1) is 51.6. The smallest absolute Gasteiger partial charge is 0.462 e. The van der Waals surface area contributed by atoms with Crippen LogP contribution in [0.4, 0.5) is 0 Å². The third kappa shape index (κ3) is 80.5. The molecule has 6 atom stereocenters. The lowest BCUT2D eigenvalue weighted by Gasteiger charge is -2.21. The van der Waals surface area contributed by atoms with E-state index in [0.29, 0.717) is 25.7 Å². The van der Waals surface area contributed by atoms with E-state index in [9.17, 15) is 43.2 Å². The molecule has 0 amide bonds. The minimum absolute atomic E-state index is 0.107. The standard InChI is InChI=1S/C88H172O17P2/c1-9-81(8)67-59-51-46-47-53-61-69-86(91)99-75-84(105-88(93)70-62-54-44-38-32-25-21-17-13-11-15-19-23-29-35-41-49-57-65-79(4)5)77-103-107(96,97)101-73-82(89)72-100-106(94,95)102-76-83(104-87(92)71-63-55-45-39-33-27-26-30-36-42-50-58-66-80(6)7)74-98-85(90)68-60-52-43-37-31-24-20-16-12-10-14-18-22-28-34-40-48-56-64-78(2)3/h78-84,89H,9-77H2,1-8H3,(H,94,95)(H,96,97)/t81?,82-,83-,84-/m1/s1. The molecule has 0 aromatic rings. The van der Waals surface area contributed by atoms with Gasteiger partial charge in [0.25, 0.3) is 0 Å². The second-order valence-corrected chi connectivity index (χ2v) is 36.2. The molecule has 0 aromatic carbocycles. The molecule has 0 aliphatic rings. The Hall–Kier alpha value is -1.94. The monoisotopic (exact) mass is 1560 g/mol. The summed E-state index contributed by atoms with van der Waals surface area (Å²) < 4.78 is 68.9. The molecule has 0 heterocycles. The van der Waals surface area contributed by atoms with Gasteiger partial charge in [-0.1, -0.05) is 409 Å². The van der Waals surface area contributed by atoms with Gasteiger partial charge >= 0.3 is 39.5 Å². The number of aliphatic hydroxyl groups is 1. The lowest BCUT2D eigenvalue weighted by atomic mass is 10.00. The van der Waals surface area contributed by atoms with Gasteiger partial charge in [-0.3, -0.25) is 37.3 Å². The lowest BCUT2D eigenvalue weighted by Crippen LogP contribution is -2.30.